The van der Waals surface area contributed by atoms with Crippen molar-refractivity contribution >= 4 is 18.4 Å². The van der Waals surface area contributed by atoms with Gasteiger partial charge in [0.1, 0.15) is 17.5 Å². The molecule has 78 valence electrons. The van der Waals surface area contributed by atoms with E-state index in [1.54, 1.807) is 0 Å². The van der Waals surface area contributed by atoms with E-state index in [0.717, 1.165) is 13.1 Å². The molecule has 0 amide bonds. The van der Waals surface area contributed by atoms with Crippen molar-refractivity contribution in [2.24, 2.45) is 0 Å². The van der Waals surface area contributed by atoms with E-state index in [-0.39, 0.29) is 24.3 Å². The second-order valence-corrected chi connectivity index (χ2v) is 2.96. The first kappa shape index (κ1) is 11.0. The van der Waals surface area contributed by atoms with Crippen LogP contribution in [0.3, 0.4) is 0 Å². The van der Waals surface area contributed by atoms with Crippen molar-refractivity contribution in [1.29, 1.82) is 0 Å². The van der Waals surface area contributed by atoms with Gasteiger partial charge < -0.3 is 14.6 Å². The molecule has 1 aromatic heterocycles. The van der Waals surface area contributed by atoms with Gasteiger partial charge >= 0.3 is 5.97 Å². The lowest BCUT2D eigenvalue weighted by Gasteiger charge is -2.25. The molecule has 2 heterocycles. The Morgan fingerprint density at radius 1 is 1.71 bits per heavy atom. The maximum Gasteiger partial charge on any atom is 0.343 e. The highest BCUT2D eigenvalue weighted by molar-refractivity contribution is 5.90. The van der Waals surface area contributed by atoms with Crippen LogP contribution in [-0.4, -0.2) is 31.3 Å². The second kappa shape index (κ2) is 4.43. The van der Waals surface area contributed by atoms with E-state index < -0.39 is 0 Å². The van der Waals surface area contributed by atoms with Crippen LogP contribution in [0.25, 0.3) is 0 Å². The number of aromatic nitrogens is 1. The van der Waals surface area contributed by atoms with Crippen molar-refractivity contribution in [2.75, 3.05) is 20.2 Å². The number of nitrogens with zero attached hydrogens (tertiary/aromatic N) is 1. The third-order valence-electron chi connectivity index (χ3n) is 2.17. The molecule has 1 aromatic rings. The van der Waals surface area contributed by atoms with Gasteiger partial charge in [-0.1, -0.05) is 5.16 Å². The van der Waals surface area contributed by atoms with Crippen LogP contribution in [0.2, 0.25) is 0 Å². The summed E-state index contributed by atoms with van der Waals surface area (Å²) in [5.74, 6) is -0.101. The summed E-state index contributed by atoms with van der Waals surface area (Å²) < 4.78 is 9.34. The van der Waals surface area contributed by atoms with E-state index >= 15 is 0 Å². The summed E-state index contributed by atoms with van der Waals surface area (Å²) in [7, 11) is 1.35. The third kappa shape index (κ3) is 1.73. The van der Waals surface area contributed by atoms with Crippen molar-refractivity contribution in [3.8, 4) is 0 Å². The topological polar surface area (TPSA) is 64.4 Å². The number of esters is 1. The monoisotopic (exact) mass is 218 g/mol. The standard InChI is InChI=1S/C8H10N2O3.ClH/c1-12-8(11)6-4-13-10-7(6)5-2-9-3-5;/h4-5,9H,2-3H2,1H3;1H. The van der Waals surface area contributed by atoms with E-state index in [1.165, 1.54) is 13.4 Å². The summed E-state index contributed by atoms with van der Waals surface area (Å²) in [5, 5.41) is 6.89. The number of nitrogens with one attached hydrogen (secondary N) is 1. The molecule has 6 heteroatoms. The fourth-order valence-corrected chi connectivity index (χ4v) is 1.28. The molecule has 0 aliphatic carbocycles. The molecule has 5 nitrogen and oxygen atoms in total. The highest BCUT2D eigenvalue weighted by Crippen LogP contribution is 2.22. The molecule has 1 fully saturated rings. The van der Waals surface area contributed by atoms with Crippen molar-refractivity contribution in [2.45, 2.75) is 5.92 Å². The van der Waals surface area contributed by atoms with Crippen molar-refractivity contribution in [3.05, 3.63) is 17.5 Å². The highest BCUT2D eigenvalue weighted by Gasteiger charge is 2.28. The van der Waals surface area contributed by atoms with Crippen LogP contribution in [-0.2, 0) is 4.74 Å². The lowest BCUT2D eigenvalue weighted by molar-refractivity contribution is 0.0598. The lowest BCUT2D eigenvalue weighted by atomic mass is 9.96. The number of hydrogen-bond donors (Lipinski definition) is 1. The van der Waals surface area contributed by atoms with Crippen molar-refractivity contribution < 1.29 is 14.1 Å². The number of ether oxygens (including phenoxy) is 1. The first-order chi connectivity index (χ1) is 6.33. The molecular weight excluding hydrogens is 208 g/mol. The van der Waals surface area contributed by atoms with E-state index in [9.17, 15) is 4.79 Å². The molecule has 1 saturated heterocycles. The van der Waals surface area contributed by atoms with Gasteiger partial charge in [0, 0.05) is 19.0 Å². The summed E-state index contributed by atoms with van der Waals surface area (Å²) >= 11 is 0. The predicted molar refractivity (Wildman–Crippen MR) is 50.7 cm³/mol. The van der Waals surface area contributed by atoms with Gasteiger partial charge in [0.05, 0.1) is 7.11 Å². The van der Waals surface area contributed by atoms with Crippen LogP contribution in [0.4, 0.5) is 0 Å². The van der Waals surface area contributed by atoms with Gasteiger partial charge in [-0.25, -0.2) is 4.79 Å². The summed E-state index contributed by atoms with van der Waals surface area (Å²) in [4.78, 5) is 11.2. The quantitative estimate of drug-likeness (QED) is 0.736. The van der Waals surface area contributed by atoms with Gasteiger partial charge in [0.15, 0.2) is 0 Å². The number of halogens is 1. The van der Waals surface area contributed by atoms with Crippen LogP contribution in [0, 0.1) is 0 Å². The molecular formula is C8H11ClN2O3. The number of hydrogen-bond acceptors (Lipinski definition) is 5. The summed E-state index contributed by atoms with van der Waals surface area (Å²) in [6.07, 6.45) is 1.33. The average molecular weight is 219 g/mol. The van der Waals surface area contributed by atoms with Crippen molar-refractivity contribution in [1.82, 2.24) is 10.5 Å². The van der Waals surface area contributed by atoms with E-state index in [2.05, 4.69) is 15.2 Å². The highest BCUT2D eigenvalue weighted by atomic mass is 35.5. The zero-order chi connectivity index (χ0) is 9.26. The minimum absolute atomic E-state index is 0. The van der Waals surface area contributed by atoms with Crippen LogP contribution < -0.4 is 5.32 Å². The summed E-state index contributed by atoms with van der Waals surface area (Å²) in [5.41, 5.74) is 1.14. The number of methoxy groups -OCH3 is 1. The summed E-state index contributed by atoms with van der Waals surface area (Å²) in [6.45, 7) is 1.69. The van der Waals surface area contributed by atoms with E-state index in [0.29, 0.717) is 11.3 Å². The Kier molecular flexibility index (Phi) is 3.49. The molecule has 0 unspecified atom stereocenters. The van der Waals surface area contributed by atoms with Gasteiger partial charge in [-0.2, -0.15) is 0 Å². The SMILES string of the molecule is COC(=O)c1conc1C1CNC1.Cl. The Hall–Kier alpha value is -1.07. The molecule has 0 atom stereocenters. The molecule has 1 N–H and O–H groups in total. The molecule has 0 radical (unpaired) electrons. The van der Waals surface area contributed by atoms with Crippen LogP contribution in [0.15, 0.2) is 10.8 Å². The predicted octanol–water partition coefficient (Wildman–Crippen LogP) is 0.570. The molecule has 0 aromatic carbocycles. The van der Waals surface area contributed by atoms with E-state index in [1.807, 2.05) is 0 Å². The normalized spacial score (nSPS) is 15.5. The third-order valence-corrected chi connectivity index (χ3v) is 2.17. The first-order valence-corrected chi connectivity index (χ1v) is 4.06. The molecule has 2 rings (SSSR count). The zero-order valence-electron chi connectivity index (χ0n) is 7.65. The maximum absolute atomic E-state index is 11.2. The minimum Gasteiger partial charge on any atom is -0.465 e. The number of carbonyl (C=O) groups is 1. The fraction of sp³-hybridized carbons (Fsp3) is 0.500. The number of carbonyl (C=O) groups excluding carboxylic acids is 1. The smallest absolute Gasteiger partial charge is 0.343 e. The molecule has 1 aliphatic rings. The van der Waals surface area contributed by atoms with Crippen LogP contribution >= 0.6 is 12.4 Å². The van der Waals surface area contributed by atoms with Gasteiger partial charge in [0.25, 0.3) is 0 Å². The molecule has 14 heavy (non-hydrogen) atoms. The Morgan fingerprint density at radius 2 is 2.43 bits per heavy atom. The molecule has 1 aliphatic heterocycles. The fourth-order valence-electron chi connectivity index (χ4n) is 1.28. The lowest BCUT2D eigenvalue weighted by Crippen LogP contribution is -2.40. The molecule has 0 saturated carbocycles. The Morgan fingerprint density at radius 3 is 2.93 bits per heavy atom. The van der Waals surface area contributed by atoms with Crippen molar-refractivity contribution in [3.63, 3.8) is 0 Å². The number of rotatable bonds is 2. The van der Waals surface area contributed by atoms with Gasteiger partial charge in [-0.15, -0.1) is 12.4 Å². The largest absolute Gasteiger partial charge is 0.465 e. The first-order valence-electron chi connectivity index (χ1n) is 4.06. The maximum atomic E-state index is 11.2. The summed E-state index contributed by atoms with van der Waals surface area (Å²) in [6, 6.07) is 0. The van der Waals surface area contributed by atoms with Gasteiger partial charge in [-0.3, -0.25) is 0 Å². The molecule has 0 bridgehead atoms. The Balaban J connectivity index is 0.000000980. The molecule has 0 spiro atoms. The average Bonchev–Trinajstić information content (AvgIpc) is 2.49. The van der Waals surface area contributed by atoms with Gasteiger partial charge in [0.2, 0.25) is 0 Å². The Bertz CT molecular complexity index is 322. The van der Waals surface area contributed by atoms with Gasteiger partial charge in [-0.05, 0) is 0 Å². The van der Waals surface area contributed by atoms with E-state index in [4.69, 9.17) is 4.52 Å². The minimum atomic E-state index is -0.386. The second-order valence-electron chi connectivity index (χ2n) is 2.96. The zero-order valence-corrected chi connectivity index (χ0v) is 8.47. The Labute approximate surface area is 87.2 Å². The van der Waals surface area contributed by atoms with Crippen LogP contribution in [0.1, 0.15) is 22.0 Å². The van der Waals surface area contributed by atoms with Crippen LogP contribution in [0.5, 0.6) is 0 Å².